The van der Waals surface area contributed by atoms with Gasteiger partial charge in [0.15, 0.2) is 0 Å². The van der Waals surface area contributed by atoms with Crippen LogP contribution in [0.5, 0.6) is 0 Å². The molecule has 3 N–H and O–H groups in total. The summed E-state index contributed by atoms with van der Waals surface area (Å²) in [6.07, 6.45) is 0.660. The van der Waals surface area contributed by atoms with E-state index in [1.165, 1.54) is 6.07 Å². The lowest BCUT2D eigenvalue weighted by Crippen LogP contribution is -2.58. The van der Waals surface area contributed by atoms with E-state index in [-0.39, 0.29) is 4.21 Å². The maximum Gasteiger partial charge on any atom is 0.329 e. The monoisotopic (exact) mass is 364 g/mol. The van der Waals surface area contributed by atoms with Crippen LogP contribution in [-0.4, -0.2) is 49.0 Å². The molecular weight excluding hydrogens is 348 g/mol. The molecule has 2 heterocycles. The van der Waals surface area contributed by atoms with Crippen LogP contribution in [0.1, 0.15) is 12.8 Å². The van der Waals surface area contributed by atoms with E-state index in [2.05, 4.69) is 10.0 Å². The number of amides is 1. The Morgan fingerprint density at radius 3 is 2.55 bits per heavy atom. The molecule has 1 fully saturated rings. The predicted molar refractivity (Wildman–Crippen MR) is 84.6 cm³/mol. The van der Waals surface area contributed by atoms with E-state index in [4.69, 9.17) is 0 Å². The maximum absolute atomic E-state index is 11.9. The van der Waals surface area contributed by atoms with E-state index < -0.39 is 34.0 Å². The Kier molecular flexibility index (Phi) is 5.48. The topological polar surface area (TPSA) is 113 Å². The van der Waals surface area contributed by atoms with Gasteiger partial charge in [0.1, 0.15) is 9.75 Å². The fourth-order valence-corrected chi connectivity index (χ4v) is 5.28. The summed E-state index contributed by atoms with van der Waals surface area (Å²) in [5.74, 6) is -0.433. The van der Waals surface area contributed by atoms with Crippen LogP contribution < -0.4 is 10.0 Å². The number of aliphatic carboxylic acids is 1. The van der Waals surface area contributed by atoms with E-state index in [1.54, 1.807) is 23.2 Å². The summed E-state index contributed by atoms with van der Waals surface area (Å²) in [7, 11) is -3.74. The molecule has 0 bridgehead atoms. The number of hydrogen-bond acceptors (Lipinski definition) is 6. The van der Waals surface area contributed by atoms with E-state index in [0.29, 0.717) is 24.3 Å². The zero-order valence-electron chi connectivity index (χ0n) is 11.6. The first-order valence-electron chi connectivity index (χ1n) is 6.51. The summed E-state index contributed by atoms with van der Waals surface area (Å²) in [6, 6.07) is 3.03. The number of carboxylic acids is 1. The summed E-state index contributed by atoms with van der Waals surface area (Å²) in [5.41, 5.74) is -1.29. The van der Waals surface area contributed by atoms with Gasteiger partial charge in [-0.2, -0.15) is 11.8 Å². The second-order valence-corrected chi connectivity index (χ2v) is 8.97. The van der Waals surface area contributed by atoms with Crippen LogP contribution in [0.2, 0.25) is 0 Å². The molecule has 10 heteroatoms. The molecule has 1 saturated heterocycles. The third kappa shape index (κ3) is 4.00. The molecule has 0 aromatic carbocycles. The van der Waals surface area contributed by atoms with Crippen molar-refractivity contribution < 1.29 is 23.1 Å². The van der Waals surface area contributed by atoms with E-state index in [0.717, 1.165) is 11.3 Å². The Bertz CT molecular complexity index is 636. The quantitative estimate of drug-likeness (QED) is 0.677. The smallest absolute Gasteiger partial charge is 0.329 e. The van der Waals surface area contributed by atoms with Crippen molar-refractivity contribution in [2.75, 3.05) is 18.1 Å². The minimum absolute atomic E-state index is 0.113. The van der Waals surface area contributed by atoms with Gasteiger partial charge in [-0.25, -0.2) is 17.9 Å². The molecule has 1 aliphatic heterocycles. The largest absolute Gasteiger partial charge is 0.480 e. The number of hydrogen-bond donors (Lipinski definition) is 3. The average Bonchev–Trinajstić information content (AvgIpc) is 3.01. The lowest BCUT2D eigenvalue weighted by Gasteiger charge is -2.33. The van der Waals surface area contributed by atoms with Crippen molar-refractivity contribution >= 4 is 45.0 Å². The first kappa shape index (κ1) is 17.3. The van der Waals surface area contributed by atoms with Gasteiger partial charge in [0.25, 0.3) is 10.0 Å². The van der Waals surface area contributed by atoms with Crippen LogP contribution in [0.4, 0.5) is 0 Å². The van der Waals surface area contributed by atoms with Crippen LogP contribution in [0.3, 0.4) is 0 Å². The molecule has 7 nitrogen and oxygen atoms in total. The Balaban J connectivity index is 1.96. The van der Waals surface area contributed by atoms with Crippen molar-refractivity contribution in [2.45, 2.75) is 22.6 Å². The Hall–Kier alpha value is -1.10. The molecule has 122 valence electrons. The first-order chi connectivity index (χ1) is 10.4. The average molecular weight is 364 g/mol. The fraction of sp³-hybridized carbons (Fsp3) is 0.500. The minimum Gasteiger partial charge on any atom is -0.480 e. The molecule has 0 saturated carbocycles. The zero-order chi connectivity index (χ0) is 16.2. The summed E-state index contributed by atoms with van der Waals surface area (Å²) in [4.78, 5) is 23.4. The van der Waals surface area contributed by atoms with Gasteiger partial charge in [0.05, 0.1) is 6.54 Å². The highest BCUT2D eigenvalue weighted by Gasteiger charge is 2.41. The normalized spacial score (nSPS) is 17.8. The Morgan fingerprint density at radius 2 is 2.00 bits per heavy atom. The fourth-order valence-electron chi connectivity index (χ4n) is 2.07. The number of carbonyl (C=O) groups excluding carboxylic acids is 1. The molecule has 1 amide bonds. The SMILES string of the molecule is O=C(CNS(=O)(=O)c1cccs1)NC1(C(=O)O)CCSCC1. The van der Waals surface area contributed by atoms with Crippen molar-refractivity contribution in [3.63, 3.8) is 0 Å². The molecule has 22 heavy (non-hydrogen) atoms. The van der Waals surface area contributed by atoms with Crippen molar-refractivity contribution in [3.8, 4) is 0 Å². The van der Waals surface area contributed by atoms with Gasteiger partial charge in [-0.15, -0.1) is 11.3 Å². The van der Waals surface area contributed by atoms with Crippen molar-refractivity contribution in [3.05, 3.63) is 17.5 Å². The van der Waals surface area contributed by atoms with Crippen molar-refractivity contribution in [1.29, 1.82) is 0 Å². The highest BCUT2D eigenvalue weighted by atomic mass is 32.2. The summed E-state index contributed by atoms with van der Waals surface area (Å²) in [5, 5.41) is 13.4. The van der Waals surface area contributed by atoms with E-state index in [1.807, 2.05) is 0 Å². The number of rotatable bonds is 6. The number of thiophene rings is 1. The van der Waals surface area contributed by atoms with Gasteiger partial charge in [-0.1, -0.05) is 6.07 Å². The maximum atomic E-state index is 11.9. The molecule has 0 spiro atoms. The standard InChI is InChI=1S/C12H16N2O5S3/c15-9(8-13-22(18,19)10-2-1-5-21-10)14-12(11(16)17)3-6-20-7-4-12/h1-2,5,13H,3-4,6-8H2,(H,14,15)(H,16,17). The summed E-state index contributed by atoms with van der Waals surface area (Å²) < 4.78 is 26.1. The molecule has 0 atom stereocenters. The Labute approximate surface area is 136 Å². The van der Waals surface area contributed by atoms with Gasteiger partial charge in [-0.05, 0) is 35.8 Å². The molecule has 0 unspecified atom stereocenters. The van der Waals surface area contributed by atoms with Crippen LogP contribution >= 0.6 is 23.1 Å². The third-order valence-electron chi connectivity index (χ3n) is 3.32. The van der Waals surface area contributed by atoms with Crippen molar-refractivity contribution in [2.24, 2.45) is 0 Å². The highest BCUT2D eigenvalue weighted by molar-refractivity contribution is 7.99. The lowest BCUT2D eigenvalue weighted by atomic mass is 9.92. The van der Waals surface area contributed by atoms with Crippen LogP contribution in [-0.2, 0) is 19.6 Å². The molecule has 2 rings (SSSR count). The van der Waals surface area contributed by atoms with Gasteiger partial charge in [-0.3, -0.25) is 4.79 Å². The minimum atomic E-state index is -3.74. The number of carbonyl (C=O) groups is 2. The molecule has 1 aliphatic rings. The molecule has 0 aliphatic carbocycles. The summed E-state index contributed by atoms with van der Waals surface area (Å²) >= 11 is 2.68. The van der Waals surface area contributed by atoms with Gasteiger partial charge >= 0.3 is 5.97 Å². The van der Waals surface area contributed by atoms with Gasteiger partial charge in [0, 0.05) is 0 Å². The first-order valence-corrected chi connectivity index (χ1v) is 10.0. The number of thioether (sulfide) groups is 1. The second-order valence-electron chi connectivity index (χ2n) is 4.80. The van der Waals surface area contributed by atoms with Gasteiger partial charge in [0.2, 0.25) is 5.91 Å². The molecule has 1 aromatic rings. The second kappa shape index (κ2) is 6.99. The van der Waals surface area contributed by atoms with Crippen LogP contribution in [0.15, 0.2) is 21.7 Å². The highest BCUT2D eigenvalue weighted by Crippen LogP contribution is 2.27. The lowest BCUT2D eigenvalue weighted by molar-refractivity contribution is -0.147. The predicted octanol–water partition coefficient (Wildman–Crippen LogP) is 0.493. The summed E-state index contributed by atoms with van der Waals surface area (Å²) in [6.45, 7) is -0.484. The third-order valence-corrected chi connectivity index (χ3v) is 7.10. The van der Waals surface area contributed by atoms with E-state index >= 15 is 0 Å². The molecular formula is C12H16N2O5S3. The number of nitrogens with one attached hydrogen (secondary N) is 2. The van der Waals surface area contributed by atoms with Crippen molar-refractivity contribution in [1.82, 2.24) is 10.0 Å². The van der Waals surface area contributed by atoms with Crippen LogP contribution in [0, 0.1) is 0 Å². The number of carboxylic acid groups (broad SMARTS) is 1. The van der Waals surface area contributed by atoms with E-state index in [9.17, 15) is 23.1 Å². The van der Waals surface area contributed by atoms with Crippen LogP contribution in [0.25, 0.3) is 0 Å². The molecule has 1 aromatic heterocycles. The number of sulfonamides is 1. The van der Waals surface area contributed by atoms with Gasteiger partial charge < -0.3 is 10.4 Å². The molecule has 0 radical (unpaired) electrons. The zero-order valence-corrected chi connectivity index (χ0v) is 14.0. The Morgan fingerprint density at radius 1 is 1.32 bits per heavy atom.